The highest BCUT2D eigenvalue weighted by Crippen LogP contribution is 2.40. The van der Waals surface area contributed by atoms with Crippen molar-refractivity contribution >= 4 is 40.1 Å². The topological polar surface area (TPSA) is 123 Å². The molecule has 9 nitrogen and oxygen atoms in total. The lowest BCUT2D eigenvalue weighted by Crippen LogP contribution is -2.34. The van der Waals surface area contributed by atoms with Crippen molar-refractivity contribution in [1.82, 2.24) is 9.97 Å². The number of amides is 2. The number of benzene rings is 2. The molecule has 2 aromatic heterocycles. The quantitative estimate of drug-likeness (QED) is 0.213. The Kier molecular flexibility index (Phi) is 7.22. The molecule has 1 aliphatic heterocycles. The minimum atomic E-state index is -0.660. The predicted molar refractivity (Wildman–Crippen MR) is 146 cm³/mol. The number of pyridine rings is 1. The molecule has 1 aliphatic rings. The van der Waals surface area contributed by atoms with Gasteiger partial charge in [-0.15, -0.1) is 0 Å². The number of esters is 1. The monoisotopic (exact) mass is 508 g/mol. The molecule has 2 amide bonds. The fraction of sp³-hybridized carbons (Fsp3) is 0.241. The lowest BCUT2D eigenvalue weighted by Gasteiger charge is -2.29. The highest BCUT2D eigenvalue weighted by atomic mass is 16.5. The molecule has 1 unspecified atom stereocenters. The van der Waals surface area contributed by atoms with E-state index < -0.39 is 12.1 Å². The Morgan fingerprint density at radius 2 is 2.05 bits per heavy atom. The SMILES string of the molecule is CCCCOC(=O)C(c1ccnc2[nH]ccc12)N1CCc2c(NC(=O)Nc3cccc(C#N)c3)cccc21. The Bertz CT molecular complexity index is 1520. The molecule has 0 saturated heterocycles. The van der Waals surface area contributed by atoms with E-state index in [9.17, 15) is 9.59 Å². The van der Waals surface area contributed by atoms with Crippen LogP contribution in [-0.4, -0.2) is 35.1 Å². The van der Waals surface area contributed by atoms with Crippen molar-refractivity contribution in [3.8, 4) is 6.07 Å². The van der Waals surface area contributed by atoms with Crippen LogP contribution >= 0.6 is 0 Å². The number of aromatic amines is 1. The number of urea groups is 1. The maximum atomic E-state index is 13.5. The Morgan fingerprint density at radius 1 is 1.18 bits per heavy atom. The molecule has 0 aliphatic carbocycles. The smallest absolute Gasteiger partial charge is 0.333 e. The predicted octanol–water partition coefficient (Wildman–Crippen LogP) is 5.53. The second-order valence-corrected chi connectivity index (χ2v) is 9.08. The largest absolute Gasteiger partial charge is 0.464 e. The van der Waals surface area contributed by atoms with Gasteiger partial charge in [0.1, 0.15) is 5.65 Å². The van der Waals surface area contributed by atoms with Crippen molar-refractivity contribution in [1.29, 1.82) is 5.26 Å². The molecule has 38 heavy (non-hydrogen) atoms. The lowest BCUT2D eigenvalue weighted by atomic mass is 10.0. The van der Waals surface area contributed by atoms with Gasteiger partial charge in [0.2, 0.25) is 0 Å². The lowest BCUT2D eigenvalue weighted by molar-refractivity contribution is -0.145. The maximum absolute atomic E-state index is 13.5. The second-order valence-electron chi connectivity index (χ2n) is 9.08. The number of aromatic nitrogens is 2. The number of ether oxygens (including phenoxy) is 1. The number of nitriles is 1. The number of nitrogens with one attached hydrogen (secondary N) is 3. The molecule has 9 heteroatoms. The molecule has 5 rings (SSSR count). The first kappa shape index (κ1) is 24.8. The molecule has 192 valence electrons. The van der Waals surface area contributed by atoms with Gasteiger partial charge >= 0.3 is 12.0 Å². The van der Waals surface area contributed by atoms with E-state index in [1.54, 1.807) is 30.5 Å². The Labute approximate surface area is 220 Å². The molecule has 2 aromatic carbocycles. The number of fused-ring (bicyclic) bond motifs is 2. The summed E-state index contributed by atoms with van der Waals surface area (Å²) in [7, 11) is 0. The van der Waals surface area contributed by atoms with Crippen molar-refractivity contribution in [2.45, 2.75) is 32.2 Å². The molecule has 1 atom stereocenters. The zero-order valence-corrected chi connectivity index (χ0v) is 21.0. The fourth-order valence-electron chi connectivity index (χ4n) is 4.83. The third-order valence-electron chi connectivity index (χ3n) is 6.63. The molecule has 0 bridgehead atoms. The van der Waals surface area contributed by atoms with E-state index in [2.05, 4.69) is 33.6 Å². The van der Waals surface area contributed by atoms with Gasteiger partial charge in [0.15, 0.2) is 6.04 Å². The highest BCUT2D eigenvalue weighted by Gasteiger charge is 2.35. The summed E-state index contributed by atoms with van der Waals surface area (Å²) in [6.07, 6.45) is 5.88. The second kappa shape index (κ2) is 11.0. The summed E-state index contributed by atoms with van der Waals surface area (Å²) in [4.78, 5) is 35.8. The zero-order valence-electron chi connectivity index (χ0n) is 21.0. The van der Waals surface area contributed by atoms with Crippen molar-refractivity contribution in [3.05, 3.63) is 83.7 Å². The van der Waals surface area contributed by atoms with Crippen LogP contribution < -0.4 is 15.5 Å². The van der Waals surface area contributed by atoms with Gasteiger partial charge in [0.05, 0.1) is 18.2 Å². The van der Waals surface area contributed by atoms with Gasteiger partial charge in [-0.3, -0.25) is 0 Å². The van der Waals surface area contributed by atoms with Crippen LogP contribution in [0, 0.1) is 11.3 Å². The molecule has 3 heterocycles. The van der Waals surface area contributed by atoms with E-state index >= 15 is 0 Å². The Balaban J connectivity index is 1.43. The van der Waals surface area contributed by atoms with E-state index in [4.69, 9.17) is 10.00 Å². The molecule has 0 fully saturated rings. The van der Waals surface area contributed by atoms with Crippen molar-refractivity contribution < 1.29 is 14.3 Å². The number of rotatable bonds is 8. The van der Waals surface area contributed by atoms with Crippen molar-refractivity contribution in [3.63, 3.8) is 0 Å². The molecule has 0 spiro atoms. The van der Waals surface area contributed by atoms with Crippen molar-refractivity contribution in [2.75, 3.05) is 28.7 Å². The van der Waals surface area contributed by atoms with Gasteiger partial charge in [-0.2, -0.15) is 5.26 Å². The summed E-state index contributed by atoms with van der Waals surface area (Å²) >= 11 is 0. The highest BCUT2D eigenvalue weighted by molar-refractivity contribution is 6.01. The fourth-order valence-corrected chi connectivity index (χ4v) is 4.83. The number of H-pyrrole nitrogens is 1. The van der Waals surface area contributed by atoms with Crippen molar-refractivity contribution in [2.24, 2.45) is 0 Å². The standard InChI is InChI=1S/C29H28N6O3/c1-2-3-16-38-28(36)26(21-10-13-31-27-22(21)11-14-32-27)35-15-12-23-24(8-5-9-25(23)35)34-29(37)33-20-7-4-6-19(17-20)18-30/h4-11,13-14,17,26H,2-3,12,15-16H2,1H3,(H,31,32)(H2,33,34,37). The number of hydrogen-bond acceptors (Lipinski definition) is 6. The number of anilines is 3. The van der Waals surface area contributed by atoms with E-state index in [1.165, 1.54) is 0 Å². The summed E-state index contributed by atoms with van der Waals surface area (Å²) in [5.41, 5.74) is 4.99. The number of carbonyl (C=O) groups is 2. The average Bonchev–Trinajstić information content (AvgIpc) is 3.58. The normalized spacial score (nSPS) is 13.0. The van der Waals surface area contributed by atoms with Gasteiger partial charge in [-0.25, -0.2) is 14.6 Å². The number of unbranched alkanes of at least 4 members (excludes halogenated alkanes) is 1. The van der Waals surface area contributed by atoms with Crippen LogP contribution in [0.1, 0.15) is 42.5 Å². The first-order chi connectivity index (χ1) is 18.6. The van der Waals surface area contributed by atoms with E-state index in [-0.39, 0.29) is 5.97 Å². The van der Waals surface area contributed by atoms with Gasteiger partial charge < -0.3 is 25.3 Å². The van der Waals surface area contributed by atoms with Gasteiger partial charge in [-0.1, -0.05) is 25.5 Å². The van der Waals surface area contributed by atoms with Crippen LogP contribution in [0.3, 0.4) is 0 Å². The number of nitrogens with zero attached hydrogens (tertiary/aromatic N) is 3. The van der Waals surface area contributed by atoms with Crippen LogP contribution in [-0.2, 0) is 16.0 Å². The van der Waals surface area contributed by atoms with Crippen LogP contribution in [0.25, 0.3) is 11.0 Å². The van der Waals surface area contributed by atoms with Gasteiger partial charge in [-0.05, 0) is 60.9 Å². The van der Waals surface area contributed by atoms with Crippen LogP contribution in [0.5, 0.6) is 0 Å². The van der Waals surface area contributed by atoms with Crippen LogP contribution in [0.15, 0.2) is 67.0 Å². The summed E-state index contributed by atoms with van der Waals surface area (Å²) < 4.78 is 5.72. The molecule has 0 radical (unpaired) electrons. The minimum absolute atomic E-state index is 0.312. The third kappa shape index (κ3) is 5.02. The molecular formula is C29H28N6O3. The van der Waals surface area contributed by atoms with E-state index in [0.29, 0.717) is 42.2 Å². The molecule has 3 N–H and O–H groups in total. The van der Waals surface area contributed by atoms with Crippen LogP contribution in [0.4, 0.5) is 21.9 Å². The first-order valence-electron chi connectivity index (χ1n) is 12.6. The zero-order chi connectivity index (χ0) is 26.5. The average molecular weight is 509 g/mol. The first-order valence-corrected chi connectivity index (χ1v) is 12.6. The van der Waals surface area contributed by atoms with E-state index in [1.807, 2.05) is 41.4 Å². The number of carbonyl (C=O) groups excluding carboxylic acids is 2. The van der Waals surface area contributed by atoms with E-state index in [0.717, 1.165) is 35.0 Å². The summed E-state index contributed by atoms with van der Waals surface area (Å²) in [5.74, 6) is -0.312. The third-order valence-corrected chi connectivity index (χ3v) is 6.63. The molecule has 0 saturated carbocycles. The summed E-state index contributed by atoms with van der Waals surface area (Å²) in [6, 6.07) is 17.2. The summed E-state index contributed by atoms with van der Waals surface area (Å²) in [6.45, 7) is 3.00. The number of hydrogen-bond donors (Lipinski definition) is 3. The maximum Gasteiger partial charge on any atom is 0.333 e. The minimum Gasteiger partial charge on any atom is -0.464 e. The van der Waals surface area contributed by atoms with Gasteiger partial charge in [0, 0.05) is 47.0 Å². The Hall–Kier alpha value is -4.84. The Morgan fingerprint density at radius 3 is 2.89 bits per heavy atom. The molecule has 4 aromatic rings. The molecular weight excluding hydrogens is 480 g/mol. The summed E-state index contributed by atoms with van der Waals surface area (Å²) in [5, 5.41) is 15.7. The van der Waals surface area contributed by atoms with Gasteiger partial charge in [0.25, 0.3) is 0 Å². The van der Waals surface area contributed by atoms with Crippen LogP contribution in [0.2, 0.25) is 0 Å².